The van der Waals surface area contributed by atoms with Gasteiger partial charge in [-0.15, -0.1) is 0 Å². The molecular formula is C32H37F2N3O4. The molecule has 0 amide bonds. The van der Waals surface area contributed by atoms with Crippen LogP contribution in [0.3, 0.4) is 0 Å². The van der Waals surface area contributed by atoms with Gasteiger partial charge < -0.3 is 9.26 Å². The van der Waals surface area contributed by atoms with Crippen molar-refractivity contribution in [1.29, 1.82) is 0 Å². The lowest BCUT2D eigenvalue weighted by Gasteiger charge is -2.54. The number of ether oxygens (including phenoxy) is 1. The molecule has 9 heteroatoms. The standard InChI is InChI=1S/C32H37F2N3O4/c1-31(2,30-6-4-5-13-35-30)16-23(38)17-32(19-37(20-32)22-8-10-24(40-3)11-9-22)18-28(39)27-15-29(41-36-27)25-12-7-21(33)14-26(25)34/h4-7,12-15,22,24H,8-11,16-20H2,1-3H3. The number of ketones is 2. The van der Waals surface area contributed by atoms with Gasteiger partial charge in [-0.25, -0.2) is 8.78 Å². The van der Waals surface area contributed by atoms with Gasteiger partial charge in [-0.3, -0.25) is 19.5 Å². The number of halogens is 2. The number of likely N-dealkylation sites (tertiary alicyclic amines) is 1. The number of pyridine rings is 1. The maximum Gasteiger partial charge on any atom is 0.185 e. The Balaban J connectivity index is 1.30. The van der Waals surface area contributed by atoms with E-state index < -0.39 is 22.5 Å². The van der Waals surface area contributed by atoms with Crippen LogP contribution in [0.2, 0.25) is 0 Å². The zero-order valence-corrected chi connectivity index (χ0v) is 23.9. The lowest BCUT2D eigenvalue weighted by molar-refractivity contribution is -0.128. The van der Waals surface area contributed by atoms with E-state index in [-0.39, 0.29) is 41.4 Å². The largest absolute Gasteiger partial charge is 0.381 e. The first-order chi connectivity index (χ1) is 19.6. The van der Waals surface area contributed by atoms with E-state index in [1.54, 1.807) is 13.3 Å². The van der Waals surface area contributed by atoms with E-state index in [4.69, 9.17) is 9.26 Å². The van der Waals surface area contributed by atoms with Gasteiger partial charge in [0.15, 0.2) is 11.5 Å². The lowest BCUT2D eigenvalue weighted by atomic mass is 9.68. The van der Waals surface area contributed by atoms with Crippen molar-refractivity contribution in [2.75, 3.05) is 20.2 Å². The van der Waals surface area contributed by atoms with E-state index in [9.17, 15) is 18.4 Å². The summed E-state index contributed by atoms with van der Waals surface area (Å²) in [6.45, 7) is 5.32. The number of aromatic nitrogens is 2. The lowest BCUT2D eigenvalue weighted by Crippen LogP contribution is -2.61. The van der Waals surface area contributed by atoms with Gasteiger partial charge in [0.2, 0.25) is 0 Å². The summed E-state index contributed by atoms with van der Waals surface area (Å²) in [5.41, 5.74) is -0.00499. The monoisotopic (exact) mass is 565 g/mol. The van der Waals surface area contributed by atoms with Gasteiger partial charge in [0.25, 0.3) is 0 Å². The first-order valence-corrected chi connectivity index (χ1v) is 14.2. The van der Waals surface area contributed by atoms with Gasteiger partial charge in [0.1, 0.15) is 23.1 Å². The summed E-state index contributed by atoms with van der Waals surface area (Å²) >= 11 is 0. The molecule has 1 saturated carbocycles. The van der Waals surface area contributed by atoms with E-state index in [0.717, 1.165) is 43.5 Å². The van der Waals surface area contributed by atoms with E-state index in [2.05, 4.69) is 15.0 Å². The van der Waals surface area contributed by atoms with Gasteiger partial charge in [-0.05, 0) is 49.9 Å². The van der Waals surface area contributed by atoms with Crippen LogP contribution in [-0.4, -0.2) is 59.0 Å². The number of hydrogen-bond donors (Lipinski definition) is 0. The Morgan fingerprint density at radius 1 is 1.07 bits per heavy atom. The SMILES string of the molecule is COC1CCC(N2CC(CC(=O)CC(C)(C)c3ccccn3)(CC(=O)c3cc(-c4ccc(F)cc4F)on3)C2)CC1. The van der Waals surface area contributed by atoms with Crippen LogP contribution in [0.5, 0.6) is 0 Å². The molecule has 0 bridgehead atoms. The van der Waals surface area contributed by atoms with Gasteiger partial charge in [0.05, 0.1) is 11.7 Å². The second kappa shape index (κ2) is 11.9. The molecule has 2 fully saturated rings. The van der Waals surface area contributed by atoms with Crippen LogP contribution in [0.25, 0.3) is 11.3 Å². The van der Waals surface area contributed by atoms with Crippen LogP contribution < -0.4 is 0 Å². The van der Waals surface area contributed by atoms with Crippen LogP contribution in [0, 0.1) is 17.0 Å². The van der Waals surface area contributed by atoms with Gasteiger partial charge in [-0.1, -0.05) is 25.1 Å². The first kappa shape index (κ1) is 29.2. The summed E-state index contributed by atoms with van der Waals surface area (Å²) in [5, 5.41) is 3.90. The highest BCUT2D eigenvalue weighted by Crippen LogP contribution is 2.43. The maximum atomic E-state index is 14.3. The number of carbonyl (C=O) groups excluding carboxylic acids is 2. The molecule has 1 aliphatic heterocycles. The number of nitrogens with zero attached hydrogens (tertiary/aromatic N) is 3. The molecule has 218 valence electrons. The summed E-state index contributed by atoms with van der Waals surface area (Å²) in [5.74, 6) is -1.62. The minimum Gasteiger partial charge on any atom is -0.381 e. The van der Waals surface area contributed by atoms with Gasteiger partial charge >= 0.3 is 0 Å². The van der Waals surface area contributed by atoms with Crippen molar-refractivity contribution in [3.05, 3.63) is 71.7 Å². The number of rotatable bonds is 11. The maximum absolute atomic E-state index is 14.3. The summed E-state index contributed by atoms with van der Waals surface area (Å²) in [6.07, 6.45) is 6.80. The van der Waals surface area contributed by atoms with Crippen molar-refractivity contribution >= 4 is 11.6 Å². The third kappa shape index (κ3) is 6.62. The number of methoxy groups -OCH3 is 1. The second-order valence-electron chi connectivity index (χ2n) is 12.4. The normalized spacial score (nSPS) is 20.9. The van der Waals surface area contributed by atoms with E-state index in [1.165, 1.54) is 12.1 Å². The Hall–Kier alpha value is -3.30. The molecule has 0 unspecified atom stereocenters. The molecule has 3 heterocycles. The predicted molar refractivity (Wildman–Crippen MR) is 149 cm³/mol. The molecule has 0 spiro atoms. The molecule has 41 heavy (non-hydrogen) atoms. The van der Waals surface area contributed by atoms with E-state index in [1.807, 2.05) is 32.0 Å². The quantitative estimate of drug-likeness (QED) is 0.257. The zero-order chi connectivity index (χ0) is 29.2. The Bertz CT molecular complexity index is 1380. The Morgan fingerprint density at radius 2 is 1.83 bits per heavy atom. The molecule has 0 radical (unpaired) electrons. The molecule has 3 aromatic rings. The summed E-state index contributed by atoms with van der Waals surface area (Å²) in [4.78, 5) is 33.8. The first-order valence-electron chi connectivity index (χ1n) is 14.2. The van der Waals surface area contributed by atoms with E-state index in [0.29, 0.717) is 31.7 Å². The smallest absolute Gasteiger partial charge is 0.185 e. The van der Waals surface area contributed by atoms with Crippen LogP contribution in [0.15, 0.2) is 53.2 Å². The van der Waals surface area contributed by atoms with Crippen molar-refractivity contribution in [2.45, 2.75) is 76.4 Å². The average molecular weight is 566 g/mol. The fourth-order valence-electron chi connectivity index (χ4n) is 6.49. The van der Waals surface area contributed by atoms with E-state index >= 15 is 0 Å². The Labute approximate surface area is 239 Å². The summed E-state index contributed by atoms with van der Waals surface area (Å²) in [6, 6.07) is 10.6. The molecule has 2 aliphatic rings. The number of carbonyl (C=O) groups is 2. The molecule has 5 rings (SSSR count). The topological polar surface area (TPSA) is 85.5 Å². The van der Waals surface area contributed by atoms with Crippen LogP contribution in [0.4, 0.5) is 8.78 Å². The molecule has 2 aromatic heterocycles. The van der Waals surface area contributed by atoms with Crippen molar-refractivity contribution in [3.63, 3.8) is 0 Å². The zero-order valence-electron chi connectivity index (χ0n) is 23.9. The second-order valence-corrected chi connectivity index (χ2v) is 12.4. The van der Waals surface area contributed by atoms with Crippen LogP contribution in [0.1, 0.15) is 75.0 Å². The van der Waals surface area contributed by atoms with Crippen molar-refractivity contribution < 1.29 is 27.6 Å². The van der Waals surface area contributed by atoms with Gasteiger partial charge in [-0.2, -0.15) is 0 Å². The van der Waals surface area contributed by atoms with Crippen molar-refractivity contribution in [3.8, 4) is 11.3 Å². The predicted octanol–water partition coefficient (Wildman–Crippen LogP) is 6.17. The highest BCUT2D eigenvalue weighted by molar-refractivity contribution is 5.96. The highest BCUT2D eigenvalue weighted by atomic mass is 19.1. The highest BCUT2D eigenvalue weighted by Gasteiger charge is 2.49. The summed E-state index contributed by atoms with van der Waals surface area (Å²) < 4.78 is 38.4. The average Bonchev–Trinajstić information content (AvgIpc) is 3.42. The number of hydrogen-bond acceptors (Lipinski definition) is 7. The Kier molecular flexibility index (Phi) is 8.47. The summed E-state index contributed by atoms with van der Waals surface area (Å²) in [7, 11) is 1.75. The van der Waals surface area contributed by atoms with Crippen molar-refractivity contribution in [1.82, 2.24) is 15.0 Å². The molecule has 0 atom stereocenters. The molecule has 1 aliphatic carbocycles. The fraction of sp³-hybridized carbons (Fsp3) is 0.500. The fourth-order valence-corrected chi connectivity index (χ4v) is 6.49. The third-order valence-electron chi connectivity index (χ3n) is 8.67. The van der Waals surface area contributed by atoms with Crippen LogP contribution >= 0.6 is 0 Å². The minimum absolute atomic E-state index is 0.0288. The van der Waals surface area contributed by atoms with Crippen molar-refractivity contribution in [2.24, 2.45) is 5.41 Å². The van der Waals surface area contributed by atoms with Gasteiger partial charge in [0, 0.05) is 80.4 Å². The molecule has 7 nitrogen and oxygen atoms in total. The minimum atomic E-state index is -0.796. The number of benzene rings is 1. The molecule has 0 N–H and O–H groups in total. The molecule has 1 saturated heterocycles. The third-order valence-corrected chi connectivity index (χ3v) is 8.67. The molecule has 1 aromatic carbocycles. The molecular weight excluding hydrogens is 528 g/mol. The van der Waals surface area contributed by atoms with Crippen LogP contribution in [-0.2, 0) is 14.9 Å². The Morgan fingerprint density at radius 3 is 2.49 bits per heavy atom. The number of Topliss-reactive ketones (excluding diaryl/α,β-unsaturated/α-hetero) is 2.